The van der Waals surface area contributed by atoms with Crippen molar-refractivity contribution in [3.8, 4) is 0 Å². The average molecular weight is 357 g/mol. The summed E-state index contributed by atoms with van der Waals surface area (Å²) in [6.45, 7) is 2.91. The number of carbonyl (C=O) groups is 1. The van der Waals surface area contributed by atoms with Gasteiger partial charge in [-0.2, -0.15) is 4.31 Å². The lowest BCUT2D eigenvalue weighted by molar-refractivity contribution is -0.385. The number of hydrogen-bond acceptors (Lipinski definition) is 7. The van der Waals surface area contributed by atoms with Gasteiger partial charge in [0.2, 0.25) is 10.0 Å². The first-order chi connectivity index (χ1) is 11.3. The molecule has 1 aliphatic rings. The molecular weight excluding hydrogens is 338 g/mol. The van der Waals surface area contributed by atoms with Crippen molar-refractivity contribution >= 4 is 21.7 Å². The highest BCUT2D eigenvalue weighted by molar-refractivity contribution is 7.89. The molecule has 0 radical (unpaired) electrons. The van der Waals surface area contributed by atoms with Gasteiger partial charge in [0.15, 0.2) is 0 Å². The summed E-state index contributed by atoms with van der Waals surface area (Å²) in [6, 6.07) is 3.80. The zero-order chi connectivity index (χ0) is 17.9. The predicted molar refractivity (Wildman–Crippen MR) is 85.0 cm³/mol. The molecule has 0 spiro atoms. The van der Waals surface area contributed by atoms with Crippen LogP contribution in [0.5, 0.6) is 0 Å². The van der Waals surface area contributed by atoms with Gasteiger partial charge >= 0.3 is 5.97 Å². The number of nitrogens with zero attached hydrogens (tertiary/aromatic N) is 3. The van der Waals surface area contributed by atoms with E-state index >= 15 is 0 Å². The van der Waals surface area contributed by atoms with Gasteiger partial charge in [-0.1, -0.05) is 6.07 Å². The Morgan fingerprint density at radius 2 is 1.92 bits per heavy atom. The number of piperazine rings is 1. The molecule has 1 aliphatic heterocycles. The van der Waals surface area contributed by atoms with Crippen LogP contribution in [0.1, 0.15) is 5.56 Å². The average Bonchev–Trinajstić information content (AvgIpc) is 2.55. The fourth-order valence-electron chi connectivity index (χ4n) is 2.49. The molecule has 0 bridgehead atoms. The maximum Gasteiger partial charge on any atom is 0.319 e. The molecule has 1 heterocycles. The van der Waals surface area contributed by atoms with E-state index in [1.807, 2.05) is 0 Å². The zero-order valence-electron chi connectivity index (χ0n) is 13.5. The summed E-state index contributed by atoms with van der Waals surface area (Å²) in [4.78, 5) is 23.3. The predicted octanol–water partition coefficient (Wildman–Crippen LogP) is 0.383. The van der Waals surface area contributed by atoms with Crippen molar-refractivity contribution in [1.29, 1.82) is 0 Å². The van der Waals surface area contributed by atoms with E-state index in [4.69, 9.17) is 0 Å². The van der Waals surface area contributed by atoms with Crippen LogP contribution in [0.15, 0.2) is 23.1 Å². The van der Waals surface area contributed by atoms with Gasteiger partial charge in [-0.05, 0) is 12.5 Å². The van der Waals surface area contributed by atoms with Gasteiger partial charge in [0.25, 0.3) is 5.69 Å². The number of carbonyl (C=O) groups excluding carboxylic acids is 1. The minimum atomic E-state index is -3.82. The maximum absolute atomic E-state index is 12.8. The summed E-state index contributed by atoms with van der Waals surface area (Å²) in [5.74, 6) is -0.374. The van der Waals surface area contributed by atoms with E-state index in [-0.39, 0.29) is 36.2 Å². The van der Waals surface area contributed by atoms with Gasteiger partial charge < -0.3 is 4.74 Å². The largest absolute Gasteiger partial charge is 0.468 e. The third kappa shape index (κ3) is 3.89. The van der Waals surface area contributed by atoms with E-state index < -0.39 is 14.9 Å². The zero-order valence-corrected chi connectivity index (χ0v) is 14.3. The van der Waals surface area contributed by atoms with Gasteiger partial charge in [0, 0.05) is 38.3 Å². The van der Waals surface area contributed by atoms with Crippen molar-refractivity contribution in [1.82, 2.24) is 9.21 Å². The number of sulfonamides is 1. The van der Waals surface area contributed by atoms with Crippen LogP contribution < -0.4 is 0 Å². The number of aryl methyl sites for hydroxylation is 1. The summed E-state index contributed by atoms with van der Waals surface area (Å²) in [5, 5.41) is 10.9. The second-order valence-electron chi connectivity index (χ2n) is 5.46. The summed E-state index contributed by atoms with van der Waals surface area (Å²) < 4.78 is 31.4. The SMILES string of the molecule is COC(=O)CN1CCN(S(=O)(=O)c2cc([N+](=O)[O-])ccc2C)CC1. The van der Waals surface area contributed by atoms with Gasteiger partial charge in [-0.3, -0.25) is 19.8 Å². The molecule has 0 saturated carbocycles. The van der Waals surface area contributed by atoms with Crippen LogP contribution in [0.4, 0.5) is 5.69 Å². The van der Waals surface area contributed by atoms with Gasteiger partial charge in [-0.25, -0.2) is 8.42 Å². The number of methoxy groups -OCH3 is 1. The molecule has 1 aromatic rings. The molecule has 1 saturated heterocycles. The molecule has 0 N–H and O–H groups in total. The van der Waals surface area contributed by atoms with E-state index in [1.54, 1.807) is 11.8 Å². The van der Waals surface area contributed by atoms with E-state index in [0.717, 1.165) is 6.07 Å². The second kappa shape index (κ2) is 7.24. The van der Waals surface area contributed by atoms with E-state index in [0.29, 0.717) is 18.7 Å². The molecule has 0 amide bonds. The molecule has 0 unspecified atom stereocenters. The standard InChI is InChI=1S/C14H19N3O6S/c1-11-3-4-12(17(19)20)9-13(11)24(21,22)16-7-5-15(6-8-16)10-14(18)23-2/h3-4,9H,5-8,10H2,1-2H3. The molecule has 24 heavy (non-hydrogen) atoms. The Hall–Kier alpha value is -2.04. The van der Waals surface area contributed by atoms with Crippen LogP contribution in [0.25, 0.3) is 0 Å². The highest BCUT2D eigenvalue weighted by Crippen LogP contribution is 2.25. The van der Waals surface area contributed by atoms with Gasteiger partial charge in [0.1, 0.15) is 0 Å². The first-order valence-electron chi connectivity index (χ1n) is 7.30. The molecule has 10 heteroatoms. The fraction of sp³-hybridized carbons (Fsp3) is 0.500. The maximum atomic E-state index is 12.8. The number of benzene rings is 1. The topological polar surface area (TPSA) is 110 Å². The summed E-state index contributed by atoms with van der Waals surface area (Å²) in [6.07, 6.45) is 0. The molecule has 0 aromatic heterocycles. The Morgan fingerprint density at radius 1 is 1.29 bits per heavy atom. The van der Waals surface area contributed by atoms with E-state index in [2.05, 4.69) is 4.74 Å². The van der Waals surface area contributed by atoms with E-state index in [1.165, 1.54) is 23.5 Å². The van der Waals surface area contributed by atoms with Crippen molar-refractivity contribution in [2.24, 2.45) is 0 Å². The normalized spacial score (nSPS) is 16.8. The summed E-state index contributed by atoms with van der Waals surface area (Å²) in [5.41, 5.74) is 0.195. The Bertz CT molecular complexity index is 741. The monoisotopic (exact) mass is 357 g/mol. The van der Waals surface area contributed by atoms with Crippen molar-refractivity contribution in [3.63, 3.8) is 0 Å². The Balaban J connectivity index is 2.16. The van der Waals surface area contributed by atoms with Gasteiger partial charge in [-0.15, -0.1) is 0 Å². The number of rotatable bonds is 5. The van der Waals surface area contributed by atoms with Crippen molar-refractivity contribution in [2.75, 3.05) is 39.8 Å². The number of non-ortho nitro benzene ring substituents is 1. The number of ether oxygens (including phenoxy) is 1. The van der Waals surface area contributed by atoms with E-state index in [9.17, 15) is 23.3 Å². The molecule has 1 fully saturated rings. The lowest BCUT2D eigenvalue weighted by Crippen LogP contribution is -2.50. The molecule has 0 atom stereocenters. The lowest BCUT2D eigenvalue weighted by atomic mass is 10.2. The smallest absolute Gasteiger partial charge is 0.319 e. The number of nitro benzene ring substituents is 1. The third-order valence-corrected chi connectivity index (χ3v) is 5.95. The van der Waals surface area contributed by atoms with Crippen LogP contribution in [0, 0.1) is 17.0 Å². The van der Waals surface area contributed by atoms with Crippen LogP contribution >= 0.6 is 0 Å². The number of esters is 1. The molecule has 1 aromatic carbocycles. The summed E-state index contributed by atoms with van der Waals surface area (Å²) in [7, 11) is -2.52. The molecule has 0 aliphatic carbocycles. The van der Waals surface area contributed by atoms with Crippen molar-refractivity contribution in [2.45, 2.75) is 11.8 Å². The fourth-order valence-corrected chi connectivity index (χ4v) is 4.16. The molecule has 132 valence electrons. The molecule has 9 nitrogen and oxygen atoms in total. The molecular formula is C14H19N3O6S. The van der Waals surface area contributed by atoms with Crippen molar-refractivity contribution < 1.29 is 22.9 Å². The van der Waals surface area contributed by atoms with Crippen LogP contribution in [0.2, 0.25) is 0 Å². The summed E-state index contributed by atoms with van der Waals surface area (Å²) >= 11 is 0. The Morgan fingerprint density at radius 3 is 2.46 bits per heavy atom. The Kier molecular flexibility index (Phi) is 5.52. The highest BCUT2D eigenvalue weighted by atomic mass is 32.2. The second-order valence-corrected chi connectivity index (χ2v) is 7.37. The lowest BCUT2D eigenvalue weighted by Gasteiger charge is -2.33. The Labute approximate surface area is 140 Å². The quantitative estimate of drug-likeness (QED) is 0.426. The minimum Gasteiger partial charge on any atom is -0.468 e. The van der Waals surface area contributed by atoms with Crippen LogP contribution in [-0.2, 0) is 19.6 Å². The first kappa shape index (κ1) is 18.3. The van der Waals surface area contributed by atoms with Crippen LogP contribution in [0.3, 0.4) is 0 Å². The number of nitro groups is 1. The third-order valence-electron chi connectivity index (χ3n) is 3.91. The number of hydrogen-bond donors (Lipinski definition) is 0. The first-order valence-corrected chi connectivity index (χ1v) is 8.74. The highest BCUT2D eigenvalue weighted by Gasteiger charge is 2.31. The van der Waals surface area contributed by atoms with Gasteiger partial charge in [0.05, 0.1) is 23.5 Å². The van der Waals surface area contributed by atoms with Crippen molar-refractivity contribution in [3.05, 3.63) is 33.9 Å². The minimum absolute atomic E-state index is 0.0573. The van der Waals surface area contributed by atoms with Crippen LogP contribution in [-0.4, -0.2) is 68.3 Å². The molecule has 2 rings (SSSR count).